The zero-order valence-electron chi connectivity index (χ0n) is 16.9. The highest BCUT2D eigenvalue weighted by atomic mass is 32.1. The quantitative estimate of drug-likeness (QED) is 0.429. The topological polar surface area (TPSA) is 24.7 Å². The third-order valence-corrected chi connectivity index (χ3v) is 5.93. The molecule has 0 saturated heterocycles. The molecule has 0 radical (unpaired) electrons. The van der Waals surface area contributed by atoms with Gasteiger partial charge in [0.25, 0.3) is 0 Å². The fraction of sp³-hybridized carbons (Fsp3) is 0.250. The zero-order valence-corrected chi connectivity index (χ0v) is 17.7. The van der Waals surface area contributed by atoms with E-state index in [0.29, 0.717) is 0 Å². The number of hydrogen-bond acceptors (Lipinski definition) is 3. The first kappa shape index (κ1) is 19.2. The first-order valence-electron chi connectivity index (χ1n) is 9.19. The normalized spacial score (nSPS) is 12.5. The summed E-state index contributed by atoms with van der Waals surface area (Å²) >= 11 is 1.75. The Morgan fingerprint density at radius 3 is 1.44 bits per heavy atom. The van der Waals surface area contributed by atoms with Crippen LogP contribution < -0.4 is 0 Å². The van der Waals surface area contributed by atoms with Crippen molar-refractivity contribution in [2.75, 3.05) is 0 Å². The molecule has 0 aliphatic heterocycles. The highest BCUT2D eigenvalue weighted by Crippen LogP contribution is 2.26. The average Bonchev–Trinajstić information content (AvgIpc) is 3.12. The van der Waals surface area contributed by atoms with Crippen LogP contribution in [0.5, 0.6) is 0 Å². The SMILES string of the molecule is CC(=Nc1cc(C)ccc1C)c1ccc(C(C)=Nc2cc(C)ccc2C)s1. The summed E-state index contributed by atoms with van der Waals surface area (Å²) in [6.07, 6.45) is 0. The number of aryl methyl sites for hydroxylation is 4. The molecule has 0 fully saturated rings. The van der Waals surface area contributed by atoms with E-state index in [0.717, 1.165) is 22.8 Å². The van der Waals surface area contributed by atoms with Crippen molar-refractivity contribution in [3.05, 3.63) is 80.5 Å². The maximum Gasteiger partial charge on any atom is 0.0665 e. The summed E-state index contributed by atoms with van der Waals surface area (Å²) in [6.45, 7) is 12.6. The van der Waals surface area contributed by atoms with Crippen molar-refractivity contribution in [2.24, 2.45) is 9.98 Å². The number of aliphatic imine (C=N–C) groups is 2. The van der Waals surface area contributed by atoms with Crippen LogP contribution in [-0.2, 0) is 0 Å². The van der Waals surface area contributed by atoms with Gasteiger partial charge in [-0.2, -0.15) is 0 Å². The monoisotopic (exact) mass is 374 g/mol. The summed E-state index contributed by atoms with van der Waals surface area (Å²) in [5, 5.41) is 0. The Hall–Kier alpha value is -2.52. The van der Waals surface area contributed by atoms with Crippen LogP contribution in [-0.4, -0.2) is 11.4 Å². The van der Waals surface area contributed by atoms with E-state index in [9.17, 15) is 0 Å². The minimum Gasteiger partial charge on any atom is -0.252 e. The van der Waals surface area contributed by atoms with Gasteiger partial charge >= 0.3 is 0 Å². The fourth-order valence-corrected chi connectivity index (χ4v) is 3.77. The van der Waals surface area contributed by atoms with Crippen molar-refractivity contribution < 1.29 is 0 Å². The summed E-state index contributed by atoms with van der Waals surface area (Å²) in [4.78, 5) is 12.1. The van der Waals surface area contributed by atoms with E-state index < -0.39 is 0 Å². The molecule has 2 aromatic carbocycles. The lowest BCUT2D eigenvalue weighted by Crippen LogP contribution is -1.91. The van der Waals surface area contributed by atoms with Gasteiger partial charge in [-0.15, -0.1) is 11.3 Å². The second-order valence-corrected chi connectivity index (χ2v) is 8.22. The molecule has 2 nitrogen and oxygen atoms in total. The first-order chi connectivity index (χ1) is 12.8. The van der Waals surface area contributed by atoms with Gasteiger partial charge in [-0.05, 0) is 88.1 Å². The molecule has 3 rings (SSSR count). The van der Waals surface area contributed by atoms with Gasteiger partial charge in [0, 0.05) is 9.75 Å². The smallest absolute Gasteiger partial charge is 0.0665 e. The second kappa shape index (κ2) is 8.01. The lowest BCUT2D eigenvalue weighted by molar-refractivity contribution is 1.34. The standard InChI is InChI=1S/C24H26N2S/c1-15-7-9-17(3)21(13-15)25-19(5)23-11-12-24(27-23)20(6)26-22-14-16(2)8-10-18(22)4/h7-14H,1-6H3. The molecular weight excluding hydrogens is 348 g/mol. The fourth-order valence-electron chi connectivity index (χ4n) is 2.88. The predicted molar refractivity (Wildman–Crippen MR) is 120 cm³/mol. The van der Waals surface area contributed by atoms with Crippen molar-refractivity contribution in [3.63, 3.8) is 0 Å². The van der Waals surface area contributed by atoms with Gasteiger partial charge in [0.1, 0.15) is 0 Å². The number of thiophene rings is 1. The van der Waals surface area contributed by atoms with E-state index in [1.165, 1.54) is 32.0 Å². The van der Waals surface area contributed by atoms with E-state index in [1.807, 2.05) is 0 Å². The van der Waals surface area contributed by atoms with Gasteiger partial charge in [0.2, 0.25) is 0 Å². The number of nitrogens with zero attached hydrogens (tertiary/aromatic N) is 2. The van der Waals surface area contributed by atoms with Crippen LogP contribution in [0.4, 0.5) is 11.4 Å². The van der Waals surface area contributed by atoms with Crippen molar-refractivity contribution in [1.82, 2.24) is 0 Å². The minimum absolute atomic E-state index is 1.04. The molecule has 0 aliphatic rings. The van der Waals surface area contributed by atoms with E-state index in [-0.39, 0.29) is 0 Å². The van der Waals surface area contributed by atoms with E-state index in [4.69, 9.17) is 9.98 Å². The molecule has 3 aromatic rings. The summed E-state index contributed by atoms with van der Waals surface area (Å²) in [7, 11) is 0. The van der Waals surface area contributed by atoms with Crippen molar-refractivity contribution in [1.29, 1.82) is 0 Å². The van der Waals surface area contributed by atoms with Gasteiger partial charge in [-0.3, -0.25) is 9.98 Å². The van der Waals surface area contributed by atoms with Crippen LogP contribution in [0.3, 0.4) is 0 Å². The lowest BCUT2D eigenvalue weighted by atomic mass is 10.1. The Labute approximate surface area is 166 Å². The van der Waals surface area contributed by atoms with Gasteiger partial charge in [-0.1, -0.05) is 24.3 Å². The lowest BCUT2D eigenvalue weighted by Gasteiger charge is -2.04. The third-order valence-electron chi connectivity index (χ3n) is 4.62. The molecule has 0 saturated carbocycles. The molecule has 1 aromatic heterocycles. The molecule has 0 unspecified atom stereocenters. The molecule has 138 valence electrons. The van der Waals surface area contributed by atoms with Crippen molar-refractivity contribution in [2.45, 2.75) is 41.5 Å². The molecule has 0 aliphatic carbocycles. The summed E-state index contributed by atoms with van der Waals surface area (Å²) in [6, 6.07) is 17.1. The molecule has 0 spiro atoms. The largest absolute Gasteiger partial charge is 0.252 e. The Kier molecular flexibility index (Phi) is 5.71. The molecule has 0 amide bonds. The van der Waals surface area contributed by atoms with Crippen LogP contribution in [0, 0.1) is 27.7 Å². The highest BCUT2D eigenvalue weighted by Gasteiger charge is 2.08. The van der Waals surface area contributed by atoms with Gasteiger partial charge in [0.05, 0.1) is 22.8 Å². The molecule has 0 N–H and O–H groups in total. The zero-order chi connectivity index (χ0) is 19.6. The molecule has 0 atom stereocenters. The van der Waals surface area contributed by atoms with E-state index in [1.54, 1.807) is 11.3 Å². The predicted octanol–water partition coefficient (Wildman–Crippen LogP) is 7.26. The van der Waals surface area contributed by atoms with E-state index >= 15 is 0 Å². The Morgan fingerprint density at radius 2 is 1.04 bits per heavy atom. The molecular formula is C24H26N2S. The number of rotatable bonds is 4. The van der Waals surface area contributed by atoms with Gasteiger partial charge in [-0.25, -0.2) is 0 Å². The first-order valence-corrected chi connectivity index (χ1v) is 10.0. The van der Waals surface area contributed by atoms with Crippen LogP contribution in [0.2, 0.25) is 0 Å². The van der Waals surface area contributed by atoms with E-state index in [2.05, 4.69) is 90.1 Å². The Balaban J connectivity index is 1.89. The molecule has 0 bridgehead atoms. The van der Waals surface area contributed by atoms with Gasteiger partial charge < -0.3 is 0 Å². The van der Waals surface area contributed by atoms with Crippen LogP contribution >= 0.6 is 11.3 Å². The summed E-state index contributed by atoms with van der Waals surface area (Å²) in [5.74, 6) is 0. The van der Waals surface area contributed by atoms with Crippen LogP contribution in [0.1, 0.15) is 45.9 Å². The number of benzene rings is 2. The van der Waals surface area contributed by atoms with Gasteiger partial charge in [0.15, 0.2) is 0 Å². The number of hydrogen-bond donors (Lipinski definition) is 0. The average molecular weight is 375 g/mol. The van der Waals surface area contributed by atoms with Crippen molar-refractivity contribution in [3.8, 4) is 0 Å². The maximum absolute atomic E-state index is 4.86. The second-order valence-electron chi connectivity index (χ2n) is 7.14. The third kappa shape index (κ3) is 4.61. The molecule has 27 heavy (non-hydrogen) atoms. The summed E-state index contributed by atoms with van der Waals surface area (Å²) < 4.78 is 0. The molecule has 1 heterocycles. The van der Waals surface area contributed by atoms with Crippen LogP contribution in [0.25, 0.3) is 0 Å². The molecule has 3 heteroatoms. The Bertz CT molecular complexity index is 956. The maximum atomic E-state index is 4.86. The van der Waals surface area contributed by atoms with Crippen molar-refractivity contribution >= 4 is 34.1 Å². The Morgan fingerprint density at radius 1 is 0.630 bits per heavy atom. The summed E-state index contributed by atoms with van der Waals surface area (Å²) in [5.41, 5.74) is 9.03. The highest BCUT2D eigenvalue weighted by molar-refractivity contribution is 7.16. The van der Waals surface area contributed by atoms with Crippen LogP contribution in [0.15, 0.2) is 58.5 Å². The minimum atomic E-state index is 1.04.